The van der Waals surface area contributed by atoms with Crippen molar-refractivity contribution in [1.29, 1.82) is 0 Å². The molecule has 2 aromatic heterocycles. The molecule has 0 amide bonds. The molecule has 20 heavy (non-hydrogen) atoms. The van der Waals surface area contributed by atoms with Crippen LogP contribution in [0.2, 0.25) is 0 Å². The molecule has 0 saturated carbocycles. The van der Waals surface area contributed by atoms with Crippen LogP contribution >= 0.6 is 0 Å². The predicted octanol–water partition coefficient (Wildman–Crippen LogP) is 0.694. The maximum absolute atomic E-state index is 12.1. The molecular weight excluding hydrogens is 256 g/mol. The topological polar surface area (TPSA) is 69.8 Å². The van der Waals surface area contributed by atoms with Crippen molar-refractivity contribution in [2.45, 2.75) is 0 Å². The zero-order valence-electron chi connectivity index (χ0n) is 11.1. The summed E-state index contributed by atoms with van der Waals surface area (Å²) in [5.74, 6) is 0. The average molecular weight is 268 g/mol. The molecule has 3 aromatic rings. The van der Waals surface area contributed by atoms with E-state index in [9.17, 15) is 9.59 Å². The molecule has 0 atom stereocenters. The molecule has 1 aromatic carbocycles. The summed E-state index contributed by atoms with van der Waals surface area (Å²) < 4.78 is 2.35. The smallest absolute Gasteiger partial charge is 0.279 e. The first-order valence-corrected chi connectivity index (χ1v) is 6.08. The molecule has 0 aliphatic carbocycles. The number of aromatic nitrogens is 4. The van der Waals surface area contributed by atoms with Crippen molar-refractivity contribution < 1.29 is 0 Å². The lowest BCUT2D eigenvalue weighted by atomic mass is 10.2. The summed E-state index contributed by atoms with van der Waals surface area (Å²) >= 11 is 0. The molecule has 0 bridgehead atoms. The molecule has 0 radical (unpaired) electrons. The first-order chi connectivity index (χ1) is 9.59. The van der Waals surface area contributed by atoms with Crippen LogP contribution in [0.5, 0.6) is 0 Å². The van der Waals surface area contributed by atoms with Gasteiger partial charge in [-0.1, -0.05) is 30.3 Å². The van der Waals surface area contributed by atoms with Crippen molar-refractivity contribution in [3.05, 3.63) is 57.4 Å². The Hall–Kier alpha value is -2.76. The predicted molar refractivity (Wildman–Crippen MR) is 75.5 cm³/mol. The molecular formula is C14H12N4O2. The molecule has 100 valence electrons. The van der Waals surface area contributed by atoms with E-state index in [1.807, 2.05) is 30.3 Å². The summed E-state index contributed by atoms with van der Waals surface area (Å²) in [5, 5.41) is 0. The van der Waals surface area contributed by atoms with Crippen molar-refractivity contribution in [2.75, 3.05) is 0 Å². The van der Waals surface area contributed by atoms with Crippen LogP contribution in [0.1, 0.15) is 0 Å². The summed E-state index contributed by atoms with van der Waals surface area (Å²) in [4.78, 5) is 32.5. The summed E-state index contributed by atoms with van der Waals surface area (Å²) in [6, 6.07) is 9.46. The van der Waals surface area contributed by atoms with Gasteiger partial charge in [0.05, 0.1) is 11.9 Å². The standard InChI is InChI=1S/C14H12N4O2/c1-17-12-11(13(19)18(2)14(17)20)16-10(8-15-12)9-6-4-3-5-7-9/h3-8H,1-2H3. The molecule has 0 spiro atoms. The molecule has 2 heterocycles. The number of nitrogens with zero attached hydrogens (tertiary/aromatic N) is 4. The van der Waals surface area contributed by atoms with Crippen LogP contribution < -0.4 is 11.2 Å². The van der Waals surface area contributed by atoms with Gasteiger partial charge in [-0.3, -0.25) is 13.9 Å². The third kappa shape index (κ3) is 1.73. The molecule has 0 aliphatic rings. The Morgan fingerprint density at radius 2 is 1.70 bits per heavy atom. The highest BCUT2D eigenvalue weighted by Gasteiger charge is 2.12. The SMILES string of the molecule is Cn1c(=O)c2nc(-c3ccccc3)cnc2n(C)c1=O. The Kier molecular flexibility index (Phi) is 2.71. The van der Waals surface area contributed by atoms with E-state index in [-0.39, 0.29) is 11.2 Å². The molecule has 3 rings (SSSR count). The zero-order chi connectivity index (χ0) is 14.3. The second-order valence-electron chi connectivity index (χ2n) is 4.50. The first-order valence-electron chi connectivity index (χ1n) is 6.08. The van der Waals surface area contributed by atoms with E-state index in [0.717, 1.165) is 10.1 Å². The molecule has 0 N–H and O–H groups in total. The molecule has 6 nitrogen and oxygen atoms in total. The number of aryl methyl sites for hydroxylation is 1. The van der Waals surface area contributed by atoms with Gasteiger partial charge in [0.2, 0.25) is 0 Å². The Morgan fingerprint density at radius 3 is 2.40 bits per heavy atom. The minimum atomic E-state index is -0.437. The van der Waals surface area contributed by atoms with E-state index in [1.165, 1.54) is 11.6 Å². The highest BCUT2D eigenvalue weighted by atomic mass is 16.2. The molecule has 0 saturated heterocycles. The first kappa shape index (κ1) is 12.3. The van der Waals surface area contributed by atoms with Gasteiger partial charge in [0.25, 0.3) is 5.56 Å². The maximum Gasteiger partial charge on any atom is 0.332 e. The number of fused-ring (bicyclic) bond motifs is 1. The maximum atomic E-state index is 12.1. The lowest BCUT2D eigenvalue weighted by Crippen LogP contribution is -2.37. The minimum Gasteiger partial charge on any atom is -0.279 e. The van der Waals surface area contributed by atoms with Crippen molar-refractivity contribution in [2.24, 2.45) is 14.1 Å². The summed E-state index contributed by atoms with van der Waals surface area (Å²) in [6.07, 6.45) is 1.57. The van der Waals surface area contributed by atoms with E-state index in [1.54, 1.807) is 13.2 Å². The van der Waals surface area contributed by atoms with Crippen LogP contribution in [-0.2, 0) is 14.1 Å². The summed E-state index contributed by atoms with van der Waals surface area (Å²) in [5.41, 5.74) is 1.11. The Bertz CT molecular complexity index is 910. The van der Waals surface area contributed by atoms with E-state index in [4.69, 9.17) is 0 Å². The van der Waals surface area contributed by atoms with Crippen LogP contribution in [0.4, 0.5) is 0 Å². The lowest BCUT2D eigenvalue weighted by Gasteiger charge is -2.07. The van der Waals surface area contributed by atoms with Gasteiger partial charge in [0.15, 0.2) is 11.2 Å². The fourth-order valence-corrected chi connectivity index (χ4v) is 2.08. The largest absolute Gasteiger partial charge is 0.332 e. The van der Waals surface area contributed by atoms with Gasteiger partial charge in [-0.15, -0.1) is 0 Å². The van der Waals surface area contributed by atoms with Crippen LogP contribution in [0, 0.1) is 0 Å². The van der Waals surface area contributed by atoms with Gasteiger partial charge >= 0.3 is 5.69 Å². The van der Waals surface area contributed by atoms with Gasteiger partial charge in [0.1, 0.15) is 0 Å². The van der Waals surface area contributed by atoms with Gasteiger partial charge in [-0.25, -0.2) is 14.8 Å². The van der Waals surface area contributed by atoms with Crippen molar-refractivity contribution in [1.82, 2.24) is 19.1 Å². The number of benzene rings is 1. The molecule has 0 unspecified atom stereocenters. The quantitative estimate of drug-likeness (QED) is 0.651. The molecule has 0 fully saturated rings. The third-order valence-corrected chi connectivity index (χ3v) is 3.22. The number of hydrogen-bond acceptors (Lipinski definition) is 4. The Balaban J connectivity index is 2.38. The van der Waals surface area contributed by atoms with Gasteiger partial charge in [-0.2, -0.15) is 0 Å². The monoisotopic (exact) mass is 268 g/mol. The van der Waals surface area contributed by atoms with Gasteiger partial charge in [0, 0.05) is 19.7 Å². The Labute approximate surface area is 114 Å². The fraction of sp³-hybridized carbons (Fsp3) is 0.143. The van der Waals surface area contributed by atoms with E-state index in [0.29, 0.717) is 5.69 Å². The second kappa shape index (κ2) is 4.41. The van der Waals surface area contributed by atoms with Gasteiger partial charge < -0.3 is 0 Å². The van der Waals surface area contributed by atoms with Crippen LogP contribution in [0.3, 0.4) is 0 Å². The molecule has 0 aliphatic heterocycles. The zero-order valence-corrected chi connectivity index (χ0v) is 11.1. The van der Waals surface area contributed by atoms with E-state index < -0.39 is 11.2 Å². The second-order valence-corrected chi connectivity index (χ2v) is 4.50. The summed E-state index contributed by atoms with van der Waals surface area (Å²) in [6.45, 7) is 0. The lowest BCUT2D eigenvalue weighted by molar-refractivity contribution is 0.704. The van der Waals surface area contributed by atoms with Crippen molar-refractivity contribution in [3.63, 3.8) is 0 Å². The van der Waals surface area contributed by atoms with Crippen molar-refractivity contribution >= 4 is 11.2 Å². The average Bonchev–Trinajstić information content (AvgIpc) is 2.51. The fourth-order valence-electron chi connectivity index (χ4n) is 2.08. The van der Waals surface area contributed by atoms with Crippen LogP contribution in [0.15, 0.2) is 46.1 Å². The van der Waals surface area contributed by atoms with Crippen molar-refractivity contribution in [3.8, 4) is 11.3 Å². The Morgan fingerprint density at radius 1 is 1.00 bits per heavy atom. The highest BCUT2D eigenvalue weighted by Crippen LogP contribution is 2.16. The number of hydrogen-bond donors (Lipinski definition) is 0. The minimum absolute atomic E-state index is 0.191. The van der Waals surface area contributed by atoms with Gasteiger partial charge in [-0.05, 0) is 0 Å². The third-order valence-electron chi connectivity index (χ3n) is 3.22. The van der Waals surface area contributed by atoms with E-state index in [2.05, 4.69) is 9.97 Å². The highest BCUT2D eigenvalue weighted by molar-refractivity contribution is 5.72. The number of rotatable bonds is 1. The van der Waals surface area contributed by atoms with Crippen LogP contribution in [-0.4, -0.2) is 19.1 Å². The van der Waals surface area contributed by atoms with Crippen LogP contribution in [0.25, 0.3) is 22.4 Å². The summed E-state index contributed by atoms with van der Waals surface area (Å²) in [7, 11) is 3.00. The normalized spacial score (nSPS) is 10.9. The molecule has 6 heteroatoms. The van der Waals surface area contributed by atoms with E-state index >= 15 is 0 Å².